The minimum absolute atomic E-state index is 0.858. The van der Waals surface area contributed by atoms with Crippen LogP contribution in [0.2, 0.25) is 0 Å². The fraction of sp³-hybridized carbons (Fsp3) is 0.263. The molecule has 0 spiro atoms. The summed E-state index contributed by atoms with van der Waals surface area (Å²) in [6.45, 7) is 3.19. The number of hydrogen-bond donors (Lipinski definition) is 1. The molecule has 3 rings (SSSR count). The van der Waals surface area contributed by atoms with Crippen LogP contribution >= 0.6 is 15.9 Å². The van der Waals surface area contributed by atoms with Gasteiger partial charge in [-0.05, 0) is 36.1 Å². The van der Waals surface area contributed by atoms with Crippen LogP contribution in [0.5, 0.6) is 0 Å². The van der Waals surface area contributed by atoms with E-state index >= 15 is 0 Å². The molecule has 22 heavy (non-hydrogen) atoms. The van der Waals surface area contributed by atoms with E-state index in [1.54, 1.807) is 0 Å². The lowest BCUT2D eigenvalue weighted by atomic mass is 10.0. The van der Waals surface area contributed by atoms with Gasteiger partial charge in [0.2, 0.25) is 0 Å². The van der Waals surface area contributed by atoms with Crippen LogP contribution in [0.25, 0.3) is 5.57 Å². The van der Waals surface area contributed by atoms with Gasteiger partial charge in [-0.15, -0.1) is 0 Å². The van der Waals surface area contributed by atoms with E-state index in [9.17, 15) is 0 Å². The molecule has 0 aromatic heterocycles. The monoisotopic (exact) mass is 356 g/mol. The zero-order valence-corrected chi connectivity index (χ0v) is 14.2. The van der Waals surface area contributed by atoms with E-state index in [1.807, 2.05) is 12.1 Å². The lowest BCUT2D eigenvalue weighted by molar-refractivity contribution is 0.281. The molecule has 0 radical (unpaired) electrons. The Hall–Kier alpha value is -1.58. The summed E-state index contributed by atoms with van der Waals surface area (Å²) < 4.78 is 1.09. The quantitative estimate of drug-likeness (QED) is 0.806. The Labute approximate surface area is 140 Å². The summed E-state index contributed by atoms with van der Waals surface area (Å²) in [4.78, 5) is 2.52. The molecule has 2 aromatic rings. The van der Waals surface area contributed by atoms with Gasteiger partial charge in [-0.3, -0.25) is 4.90 Å². The van der Waals surface area contributed by atoms with Crippen molar-refractivity contribution in [2.24, 2.45) is 0 Å². The molecule has 3 heteroatoms. The highest BCUT2D eigenvalue weighted by molar-refractivity contribution is 9.10. The van der Waals surface area contributed by atoms with Crippen LogP contribution in [0.1, 0.15) is 24.0 Å². The van der Waals surface area contributed by atoms with Crippen molar-refractivity contribution in [3.05, 3.63) is 70.2 Å². The third-order valence-electron chi connectivity index (χ3n) is 4.15. The van der Waals surface area contributed by atoms with E-state index in [0.717, 1.165) is 42.6 Å². The van der Waals surface area contributed by atoms with Crippen molar-refractivity contribution < 1.29 is 0 Å². The second-order valence-electron chi connectivity index (χ2n) is 5.73. The molecule has 2 aromatic carbocycles. The first-order valence-corrected chi connectivity index (χ1v) is 8.53. The molecule has 0 saturated heterocycles. The molecule has 2 nitrogen and oxygen atoms in total. The van der Waals surface area contributed by atoms with Crippen LogP contribution in [-0.4, -0.2) is 18.0 Å². The summed E-state index contributed by atoms with van der Waals surface area (Å²) in [6, 6.07) is 16.7. The van der Waals surface area contributed by atoms with Crippen molar-refractivity contribution in [2.75, 3.05) is 18.8 Å². The zero-order valence-electron chi connectivity index (χ0n) is 12.6. The number of anilines is 1. The SMILES string of the molecule is Nc1cccc(Br)c1C1=CCCN(Cc2ccccc2)CC1. The Kier molecular flexibility index (Phi) is 4.96. The molecule has 0 saturated carbocycles. The zero-order chi connectivity index (χ0) is 15.4. The van der Waals surface area contributed by atoms with Gasteiger partial charge in [0.1, 0.15) is 0 Å². The fourth-order valence-corrected chi connectivity index (χ4v) is 3.66. The molecule has 0 fully saturated rings. The Bertz CT molecular complexity index is 644. The summed E-state index contributed by atoms with van der Waals surface area (Å²) in [7, 11) is 0. The van der Waals surface area contributed by atoms with Crippen LogP contribution in [-0.2, 0) is 6.54 Å². The van der Waals surface area contributed by atoms with Gasteiger partial charge in [-0.2, -0.15) is 0 Å². The molecule has 1 aliphatic heterocycles. The van der Waals surface area contributed by atoms with Gasteiger partial charge in [-0.1, -0.05) is 58.4 Å². The third-order valence-corrected chi connectivity index (χ3v) is 4.81. The highest BCUT2D eigenvalue weighted by atomic mass is 79.9. The lowest BCUT2D eigenvalue weighted by Crippen LogP contribution is -2.24. The molecular formula is C19H21BrN2. The van der Waals surface area contributed by atoms with Gasteiger partial charge >= 0.3 is 0 Å². The van der Waals surface area contributed by atoms with E-state index in [-0.39, 0.29) is 0 Å². The Morgan fingerprint density at radius 3 is 2.59 bits per heavy atom. The topological polar surface area (TPSA) is 29.3 Å². The summed E-state index contributed by atoms with van der Waals surface area (Å²) in [6.07, 6.45) is 4.46. The number of benzene rings is 2. The molecule has 0 bridgehead atoms. The number of hydrogen-bond acceptors (Lipinski definition) is 2. The van der Waals surface area contributed by atoms with E-state index < -0.39 is 0 Å². The molecule has 2 N–H and O–H groups in total. The highest BCUT2D eigenvalue weighted by Crippen LogP contribution is 2.33. The fourth-order valence-electron chi connectivity index (χ4n) is 3.02. The van der Waals surface area contributed by atoms with Gasteiger partial charge in [0, 0.05) is 35.4 Å². The molecule has 114 valence electrons. The van der Waals surface area contributed by atoms with Gasteiger partial charge in [0.05, 0.1) is 0 Å². The predicted octanol–water partition coefficient (Wildman–Crippen LogP) is 4.71. The summed E-state index contributed by atoms with van der Waals surface area (Å²) in [5.41, 5.74) is 10.9. The minimum atomic E-state index is 0.858. The highest BCUT2D eigenvalue weighted by Gasteiger charge is 2.15. The molecule has 0 unspecified atom stereocenters. The van der Waals surface area contributed by atoms with E-state index in [4.69, 9.17) is 5.73 Å². The van der Waals surface area contributed by atoms with Crippen LogP contribution in [0.4, 0.5) is 5.69 Å². The first kappa shape index (κ1) is 15.3. The summed E-state index contributed by atoms with van der Waals surface area (Å²) >= 11 is 3.64. The van der Waals surface area contributed by atoms with Crippen molar-refractivity contribution in [3.8, 4) is 0 Å². The van der Waals surface area contributed by atoms with E-state index in [1.165, 1.54) is 16.7 Å². The van der Waals surface area contributed by atoms with Crippen molar-refractivity contribution in [1.82, 2.24) is 4.90 Å². The van der Waals surface area contributed by atoms with Crippen molar-refractivity contribution in [2.45, 2.75) is 19.4 Å². The molecule has 1 heterocycles. The van der Waals surface area contributed by atoms with Gasteiger partial charge < -0.3 is 5.73 Å². The van der Waals surface area contributed by atoms with E-state index in [0.29, 0.717) is 0 Å². The summed E-state index contributed by atoms with van der Waals surface area (Å²) in [5, 5.41) is 0. The van der Waals surface area contributed by atoms with Crippen molar-refractivity contribution >= 4 is 27.2 Å². The number of nitrogens with two attached hydrogens (primary N) is 1. The maximum atomic E-state index is 6.18. The summed E-state index contributed by atoms with van der Waals surface area (Å²) in [5.74, 6) is 0. The smallest absolute Gasteiger partial charge is 0.0401 e. The van der Waals surface area contributed by atoms with Crippen LogP contribution < -0.4 is 5.73 Å². The first-order valence-electron chi connectivity index (χ1n) is 7.74. The number of rotatable bonds is 3. The van der Waals surface area contributed by atoms with E-state index in [2.05, 4.69) is 63.3 Å². The number of nitrogen functional groups attached to an aromatic ring is 1. The Morgan fingerprint density at radius 1 is 1.00 bits per heavy atom. The van der Waals surface area contributed by atoms with Gasteiger partial charge in [0.25, 0.3) is 0 Å². The van der Waals surface area contributed by atoms with Crippen LogP contribution in [0.15, 0.2) is 59.1 Å². The van der Waals surface area contributed by atoms with Crippen LogP contribution in [0.3, 0.4) is 0 Å². The molecule has 0 amide bonds. The molecule has 0 aliphatic carbocycles. The maximum Gasteiger partial charge on any atom is 0.0401 e. The maximum absolute atomic E-state index is 6.18. The Morgan fingerprint density at radius 2 is 1.82 bits per heavy atom. The Balaban J connectivity index is 1.70. The average Bonchev–Trinajstić information content (AvgIpc) is 2.74. The molecular weight excluding hydrogens is 336 g/mol. The average molecular weight is 357 g/mol. The largest absolute Gasteiger partial charge is 0.398 e. The number of halogens is 1. The second kappa shape index (κ2) is 7.12. The van der Waals surface area contributed by atoms with Gasteiger partial charge in [0.15, 0.2) is 0 Å². The van der Waals surface area contributed by atoms with Crippen molar-refractivity contribution in [1.29, 1.82) is 0 Å². The van der Waals surface area contributed by atoms with Crippen LogP contribution in [0, 0.1) is 0 Å². The second-order valence-corrected chi connectivity index (χ2v) is 6.59. The lowest BCUT2D eigenvalue weighted by Gasteiger charge is -2.20. The third kappa shape index (κ3) is 3.60. The van der Waals surface area contributed by atoms with Crippen molar-refractivity contribution in [3.63, 3.8) is 0 Å². The predicted molar refractivity (Wildman–Crippen MR) is 97.5 cm³/mol. The van der Waals surface area contributed by atoms with Gasteiger partial charge in [-0.25, -0.2) is 0 Å². The number of nitrogens with zero attached hydrogens (tertiary/aromatic N) is 1. The normalized spacial score (nSPS) is 16.1. The first-order chi connectivity index (χ1) is 10.7. The molecule has 1 aliphatic rings. The standard InChI is InChI=1S/C19H21BrN2/c20-17-9-4-10-18(21)19(17)16-8-5-12-22(13-11-16)14-15-6-2-1-3-7-15/h1-4,6-10H,5,11-14,21H2. The minimum Gasteiger partial charge on any atom is -0.398 e. The molecule has 0 atom stereocenters.